The number of urea groups is 1. The first-order valence-electron chi connectivity index (χ1n) is 10.0. The summed E-state index contributed by atoms with van der Waals surface area (Å²) in [6, 6.07) is 15.2. The van der Waals surface area contributed by atoms with E-state index in [1.807, 2.05) is 30.3 Å². The molecule has 1 heterocycles. The number of rotatable bonds is 7. The molecule has 2 aromatic carbocycles. The van der Waals surface area contributed by atoms with Crippen molar-refractivity contribution in [1.82, 2.24) is 20.4 Å². The fraction of sp³-hybridized carbons (Fsp3) is 0.273. The van der Waals surface area contributed by atoms with Gasteiger partial charge in [0.25, 0.3) is 0 Å². The Morgan fingerprint density at radius 3 is 2.55 bits per heavy atom. The molecule has 31 heavy (non-hydrogen) atoms. The lowest BCUT2D eigenvalue weighted by Crippen LogP contribution is -2.48. The monoisotopic (exact) mass is 439 g/mol. The van der Waals surface area contributed by atoms with Gasteiger partial charge in [-0.15, -0.1) is 10.2 Å². The van der Waals surface area contributed by atoms with E-state index in [4.69, 9.17) is 16.0 Å². The molecule has 1 saturated carbocycles. The molecule has 0 bridgehead atoms. The number of hydrogen-bond donors (Lipinski definition) is 2. The molecule has 1 atom stereocenters. The van der Waals surface area contributed by atoms with Gasteiger partial charge in [0.05, 0.1) is 17.1 Å². The van der Waals surface area contributed by atoms with Gasteiger partial charge in [0.2, 0.25) is 17.7 Å². The Hall–Kier alpha value is -3.39. The third-order valence-electron chi connectivity index (χ3n) is 4.90. The number of nitrogens with one attached hydrogen (secondary N) is 2. The van der Waals surface area contributed by atoms with Crippen molar-refractivity contribution in [1.29, 1.82) is 0 Å². The van der Waals surface area contributed by atoms with E-state index in [-0.39, 0.29) is 18.5 Å². The summed E-state index contributed by atoms with van der Waals surface area (Å²) in [5.41, 5.74) is 1.29. The average molecular weight is 440 g/mol. The van der Waals surface area contributed by atoms with Crippen LogP contribution in [-0.2, 0) is 11.3 Å². The molecule has 4 rings (SSSR count). The maximum Gasteiger partial charge on any atom is 0.319 e. The van der Waals surface area contributed by atoms with E-state index >= 15 is 0 Å². The summed E-state index contributed by atoms with van der Waals surface area (Å²) >= 11 is 6.19. The van der Waals surface area contributed by atoms with Crippen LogP contribution in [0.1, 0.15) is 25.7 Å². The van der Waals surface area contributed by atoms with Crippen molar-refractivity contribution < 1.29 is 14.0 Å². The molecule has 1 fully saturated rings. The zero-order valence-electron chi connectivity index (χ0n) is 16.9. The van der Waals surface area contributed by atoms with Gasteiger partial charge >= 0.3 is 6.03 Å². The number of benzene rings is 2. The zero-order chi connectivity index (χ0) is 21.8. The summed E-state index contributed by atoms with van der Waals surface area (Å²) in [5.74, 6) is 0.413. The zero-order valence-corrected chi connectivity index (χ0v) is 17.7. The largest absolute Gasteiger partial charge is 0.419 e. The summed E-state index contributed by atoms with van der Waals surface area (Å²) in [7, 11) is 0. The highest BCUT2D eigenvalue weighted by Crippen LogP contribution is 2.30. The number of carbonyl (C=O) groups excluding carboxylic acids is 2. The molecule has 1 aromatic heterocycles. The van der Waals surface area contributed by atoms with Crippen LogP contribution in [0.15, 0.2) is 59.0 Å². The summed E-state index contributed by atoms with van der Waals surface area (Å²) in [5, 5.41) is 14.0. The van der Waals surface area contributed by atoms with Crippen molar-refractivity contribution in [3.05, 3.63) is 65.5 Å². The third-order valence-corrected chi connectivity index (χ3v) is 5.23. The highest BCUT2D eigenvalue weighted by molar-refractivity contribution is 6.33. The van der Waals surface area contributed by atoms with E-state index in [1.165, 1.54) is 0 Å². The molecular formula is C22H22ClN5O3. The van der Waals surface area contributed by atoms with E-state index in [2.05, 4.69) is 20.8 Å². The molecule has 0 aliphatic heterocycles. The standard InChI is InChI=1S/C22H22ClN5O3/c1-14(24-22(30)25-15-7-3-2-4-8-15)21(29)28(16-11-12-16)13-19-26-27-20(31-19)17-9-5-6-10-18(17)23/h2-10,14,16H,11-13H2,1H3,(H2,24,25,30)/t14-/m0/s1. The number of aromatic nitrogens is 2. The van der Waals surface area contributed by atoms with Crippen LogP contribution < -0.4 is 10.6 Å². The topological polar surface area (TPSA) is 100 Å². The van der Waals surface area contributed by atoms with Gasteiger partial charge in [-0.3, -0.25) is 4.79 Å². The minimum Gasteiger partial charge on any atom is -0.419 e. The van der Waals surface area contributed by atoms with Crippen LogP contribution in [0, 0.1) is 0 Å². The van der Waals surface area contributed by atoms with Gasteiger partial charge in [0, 0.05) is 11.7 Å². The number of halogens is 1. The summed E-state index contributed by atoms with van der Waals surface area (Å²) in [6.45, 7) is 1.83. The Kier molecular flexibility index (Phi) is 6.18. The van der Waals surface area contributed by atoms with Crippen molar-refractivity contribution >= 4 is 29.2 Å². The van der Waals surface area contributed by atoms with E-state index in [0.29, 0.717) is 28.1 Å². The van der Waals surface area contributed by atoms with E-state index < -0.39 is 12.1 Å². The lowest BCUT2D eigenvalue weighted by atomic mass is 10.2. The molecule has 0 unspecified atom stereocenters. The summed E-state index contributed by atoms with van der Waals surface area (Å²) in [6.07, 6.45) is 1.81. The Morgan fingerprint density at radius 2 is 1.84 bits per heavy atom. The van der Waals surface area contributed by atoms with Gasteiger partial charge in [-0.05, 0) is 44.0 Å². The Labute approximate surface area is 184 Å². The average Bonchev–Trinajstić information content (AvgIpc) is 3.50. The molecule has 1 aliphatic carbocycles. The molecule has 1 aliphatic rings. The lowest BCUT2D eigenvalue weighted by Gasteiger charge is -2.25. The van der Waals surface area contributed by atoms with Gasteiger partial charge in [-0.25, -0.2) is 4.79 Å². The number of nitrogens with zero attached hydrogens (tertiary/aromatic N) is 3. The van der Waals surface area contributed by atoms with Crippen molar-refractivity contribution in [3.8, 4) is 11.5 Å². The van der Waals surface area contributed by atoms with Gasteiger partial charge < -0.3 is 20.0 Å². The molecule has 0 radical (unpaired) electrons. The molecular weight excluding hydrogens is 418 g/mol. The Bertz CT molecular complexity index is 1070. The number of para-hydroxylation sites is 1. The van der Waals surface area contributed by atoms with Crippen LogP contribution in [0.4, 0.5) is 10.5 Å². The van der Waals surface area contributed by atoms with E-state index in [1.54, 1.807) is 36.1 Å². The number of carbonyl (C=O) groups is 2. The number of amides is 3. The summed E-state index contributed by atoms with van der Waals surface area (Å²) in [4.78, 5) is 26.9. The molecule has 0 saturated heterocycles. The molecule has 9 heteroatoms. The lowest BCUT2D eigenvalue weighted by molar-refractivity contribution is -0.134. The van der Waals surface area contributed by atoms with E-state index in [0.717, 1.165) is 12.8 Å². The predicted molar refractivity (Wildman–Crippen MR) is 116 cm³/mol. The maximum atomic E-state index is 13.0. The van der Waals surface area contributed by atoms with Crippen LogP contribution in [0.2, 0.25) is 5.02 Å². The predicted octanol–water partition coefficient (Wildman–Crippen LogP) is 4.09. The van der Waals surface area contributed by atoms with Crippen LogP contribution in [0.25, 0.3) is 11.5 Å². The first-order valence-corrected chi connectivity index (χ1v) is 10.4. The fourth-order valence-corrected chi connectivity index (χ4v) is 3.39. The normalized spacial score (nSPS) is 14.0. The second-order valence-electron chi connectivity index (χ2n) is 7.36. The molecule has 3 aromatic rings. The van der Waals surface area contributed by atoms with Gasteiger partial charge in [0.15, 0.2) is 0 Å². The van der Waals surface area contributed by atoms with Crippen LogP contribution in [0.3, 0.4) is 0 Å². The van der Waals surface area contributed by atoms with Gasteiger partial charge in [-0.2, -0.15) is 0 Å². The number of hydrogen-bond acceptors (Lipinski definition) is 5. The van der Waals surface area contributed by atoms with Gasteiger partial charge in [-0.1, -0.05) is 41.9 Å². The van der Waals surface area contributed by atoms with Crippen LogP contribution in [-0.4, -0.2) is 39.1 Å². The Morgan fingerprint density at radius 1 is 1.13 bits per heavy atom. The third kappa shape index (κ3) is 5.21. The highest BCUT2D eigenvalue weighted by atomic mass is 35.5. The van der Waals surface area contributed by atoms with Gasteiger partial charge in [0.1, 0.15) is 6.04 Å². The van der Waals surface area contributed by atoms with E-state index in [9.17, 15) is 9.59 Å². The molecule has 0 spiro atoms. The quantitative estimate of drug-likeness (QED) is 0.577. The molecule has 160 valence electrons. The second-order valence-corrected chi connectivity index (χ2v) is 7.77. The Balaban J connectivity index is 1.40. The number of anilines is 1. The second kappa shape index (κ2) is 9.18. The fourth-order valence-electron chi connectivity index (χ4n) is 3.18. The molecule has 2 N–H and O–H groups in total. The molecule has 3 amide bonds. The highest BCUT2D eigenvalue weighted by Gasteiger charge is 2.36. The summed E-state index contributed by atoms with van der Waals surface area (Å²) < 4.78 is 5.75. The van der Waals surface area contributed by atoms with Crippen molar-refractivity contribution in [3.63, 3.8) is 0 Å². The first kappa shape index (κ1) is 20.9. The maximum absolute atomic E-state index is 13.0. The SMILES string of the molecule is C[C@H](NC(=O)Nc1ccccc1)C(=O)N(Cc1nnc(-c2ccccc2Cl)o1)C1CC1. The van der Waals surface area contributed by atoms with Crippen molar-refractivity contribution in [2.75, 3.05) is 5.32 Å². The molecule has 8 nitrogen and oxygen atoms in total. The minimum absolute atomic E-state index is 0.101. The first-order chi connectivity index (χ1) is 15.0. The van der Waals surface area contributed by atoms with Crippen LogP contribution >= 0.6 is 11.6 Å². The smallest absolute Gasteiger partial charge is 0.319 e. The minimum atomic E-state index is -0.713. The van der Waals surface area contributed by atoms with Crippen molar-refractivity contribution in [2.24, 2.45) is 0 Å². The van der Waals surface area contributed by atoms with Crippen LogP contribution in [0.5, 0.6) is 0 Å². The van der Waals surface area contributed by atoms with Crippen molar-refractivity contribution in [2.45, 2.75) is 38.4 Å².